The Morgan fingerprint density at radius 3 is 3.00 bits per heavy atom. The van der Waals surface area contributed by atoms with E-state index >= 15 is 0 Å². The van der Waals surface area contributed by atoms with Gasteiger partial charge < -0.3 is 15.4 Å². The van der Waals surface area contributed by atoms with E-state index in [1.165, 1.54) is 11.8 Å². The molecule has 3 rings (SSSR count). The molecule has 1 amide bonds. The topological polar surface area (TPSA) is 105 Å². The van der Waals surface area contributed by atoms with Crippen LogP contribution in [0.2, 0.25) is 0 Å². The molecule has 1 aliphatic rings. The maximum absolute atomic E-state index is 12.3. The second-order valence-corrected chi connectivity index (χ2v) is 6.29. The number of thioether (sulfide) groups is 1. The van der Waals surface area contributed by atoms with Crippen molar-refractivity contribution in [2.24, 2.45) is 10.7 Å². The van der Waals surface area contributed by atoms with E-state index < -0.39 is 0 Å². The molecule has 1 aromatic heterocycles. The molecule has 2 heterocycles. The number of amides is 1. The van der Waals surface area contributed by atoms with Crippen LogP contribution in [0, 0.1) is 5.41 Å². The van der Waals surface area contributed by atoms with E-state index in [1.807, 2.05) is 12.1 Å². The Kier molecular flexibility index (Phi) is 4.99. The molecule has 0 aliphatic carbocycles. The maximum atomic E-state index is 12.3. The van der Waals surface area contributed by atoms with Crippen LogP contribution < -0.4 is 15.4 Å². The van der Waals surface area contributed by atoms with Gasteiger partial charge in [-0.3, -0.25) is 15.2 Å². The van der Waals surface area contributed by atoms with Crippen molar-refractivity contribution in [1.29, 1.82) is 5.41 Å². The molecule has 8 heteroatoms. The molecule has 1 aromatic carbocycles. The van der Waals surface area contributed by atoms with Gasteiger partial charge in [0.25, 0.3) is 0 Å². The number of benzene rings is 1. The van der Waals surface area contributed by atoms with Crippen molar-refractivity contribution in [1.82, 2.24) is 4.98 Å². The van der Waals surface area contributed by atoms with Gasteiger partial charge in [0.15, 0.2) is 5.84 Å². The molecule has 3 N–H and O–H groups in total. The fourth-order valence-electron chi connectivity index (χ4n) is 2.39. The highest BCUT2D eigenvalue weighted by Gasteiger charge is 2.25. The molecule has 128 valence electrons. The fourth-order valence-corrected chi connectivity index (χ4v) is 3.35. The number of rotatable bonds is 4. The van der Waals surface area contributed by atoms with Gasteiger partial charge in [-0.05, 0) is 30.3 Å². The zero-order chi connectivity index (χ0) is 17.8. The number of hydrogen-bond donors (Lipinski definition) is 2. The first-order valence-corrected chi connectivity index (χ1v) is 8.51. The lowest BCUT2D eigenvalue weighted by molar-refractivity contribution is -0.116. The molecular formula is C17H17N5O2S. The second kappa shape index (κ2) is 7.35. The monoisotopic (exact) mass is 355 g/mol. The Bertz CT molecular complexity index is 838. The first-order chi connectivity index (χ1) is 12.1. The lowest BCUT2D eigenvalue weighted by Crippen LogP contribution is -2.42. The number of anilines is 1. The molecule has 0 saturated carbocycles. The highest BCUT2D eigenvalue weighted by molar-refractivity contribution is 8.00. The number of methoxy groups -OCH3 is 1. The largest absolute Gasteiger partial charge is 0.497 e. The number of nitrogens with two attached hydrogens (primary N) is 1. The predicted molar refractivity (Wildman–Crippen MR) is 98.8 cm³/mol. The van der Waals surface area contributed by atoms with Crippen molar-refractivity contribution in [2.45, 2.75) is 4.90 Å². The first kappa shape index (κ1) is 17.0. The molecule has 0 spiro atoms. The van der Waals surface area contributed by atoms with Crippen LogP contribution in [0.1, 0.15) is 5.69 Å². The van der Waals surface area contributed by atoms with E-state index in [4.69, 9.17) is 15.9 Å². The number of carbonyl (C=O) groups excluding carboxylic acids is 1. The molecule has 1 aliphatic heterocycles. The van der Waals surface area contributed by atoms with Crippen molar-refractivity contribution >= 4 is 35.0 Å². The minimum atomic E-state index is -0.0508. The van der Waals surface area contributed by atoms with E-state index in [2.05, 4.69) is 9.98 Å². The molecule has 25 heavy (non-hydrogen) atoms. The summed E-state index contributed by atoms with van der Waals surface area (Å²) in [5.41, 5.74) is 7.17. The Morgan fingerprint density at radius 2 is 2.28 bits per heavy atom. The Morgan fingerprint density at radius 1 is 1.44 bits per heavy atom. The molecule has 0 atom stereocenters. The Labute approximate surface area is 149 Å². The summed E-state index contributed by atoms with van der Waals surface area (Å²) in [4.78, 5) is 23.0. The van der Waals surface area contributed by atoms with Gasteiger partial charge in [0, 0.05) is 11.1 Å². The average Bonchev–Trinajstić information content (AvgIpc) is 2.64. The summed E-state index contributed by atoms with van der Waals surface area (Å²) in [6.07, 6.45) is 1.59. The van der Waals surface area contributed by atoms with E-state index in [0.717, 1.165) is 16.3 Å². The molecule has 7 nitrogen and oxygen atoms in total. The van der Waals surface area contributed by atoms with Crippen molar-refractivity contribution in [3.8, 4) is 5.75 Å². The van der Waals surface area contributed by atoms with Gasteiger partial charge in [-0.15, -0.1) is 11.8 Å². The standard InChI is InChI=1S/C17H17N5O2S/c1-24-11-5-6-13-14(8-11)25-10-16(23)22(13)9-15(18)21-17(19)12-4-2-3-7-20-12/h2-8H,9-10H2,1H3,(H3,18,19,21). The summed E-state index contributed by atoms with van der Waals surface area (Å²) < 4.78 is 5.22. The molecular weight excluding hydrogens is 338 g/mol. The van der Waals surface area contributed by atoms with Crippen LogP contribution in [0.25, 0.3) is 0 Å². The summed E-state index contributed by atoms with van der Waals surface area (Å²) in [7, 11) is 1.60. The number of nitrogens with zero attached hydrogens (tertiary/aromatic N) is 3. The summed E-state index contributed by atoms with van der Waals surface area (Å²) in [5, 5.41) is 7.97. The first-order valence-electron chi connectivity index (χ1n) is 7.52. The van der Waals surface area contributed by atoms with Crippen LogP contribution >= 0.6 is 11.8 Å². The number of aromatic nitrogens is 1. The van der Waals surface area contributed by atoms with E-state index in [-0.39, 0.29) is 24.1 Å². The number of hydrogen-bond acceptors (Lipinski definition) is 5. The van der Waals surface area contributed by atoms with Gasteiger partial charge in [0.2, 0.25) is 5.91 Å². The Hall–Kier alpha value is -2.87. The van der Waals surface area contributed by atoms with Crippen LogP contribution in [0.3, 0.4) is 0 Å². The van der Waals surface area contributed by atoms with Crippen molar-refractivity contribution in [2.75, 3.05) is 24.3 Å². The van der Waals surface area contributed by atoms with Crippen LogP contribution in [0.4, 0.5) is 5.69 Å². The number of amidine groups is 2. The number of nitrogens with one attached hydrogen (secondary N) is 1. The maximum Gasteiger partial charge on any atom is 0.237 e. The van der Waals surface area contributed by atoms with Gasteiger partial charge >= 0.3 is 0 Å². The molecule has 0 unspecified atom stereocenters. The van der Waals surface area contributed by atoms with Crippen molar-refractivity contribution in [3.63, 3.8) is 0 Å². The van der Waals surface area contributed by atoms with E-state index in [9.17, 15) is 4.79 Å². The number of pyridine rings is 1. The van der Waals surface area contributed by atoms with Crippen LogP contribution in [-0.2, 0) is 4.79 Å². The Balaban J connectivity index is 1.81. The van der Waals surface area contributed by atoms with Gasteiger partial charge in [-0.25, -0.2) is 4.99 Å². The molecule has 0 fully saturated rings. The third-order valence-electron chi connectivity index (χ3n) is 3.59. The average molecular weight is 355 g/mol. The van der Waals surface area contributed by atoms with Crippen LogP contribution in [0.5, 0.6) is 5.75 Å². The fraction of sp³-hybridized carbons (Fsp3) is 0.176. The van der Waals surface area contributed by atoms with Crippen molar-refractivity contribution in [3.05, 3.63) is 48.3 Å². The van der Waals surface area contributed by atoms with Crippen molar-refractivity contribution < 1.29 is 9.53 Å². The number of carbonyl (C=O) groups is 1. The zero-order valence-corrected chi connectivity index (χ0v) is 14.4. The third kappa shape index (κ3) is 3.80. The van der Waals surface area contributed by atoms with E-state index in [0.29, 0.717) is 11.4 Å². The third-order valence-corrected chi connectivity index (χ3v) is 4.62. The summed E-state index contributed by atoms with van der Waals surface area (Å²) in [5.74, 6) is 1.15. The van der Waals surface area contributed by atoms with Gasteiger partial charge in [-0.1, -0.05) is 6.07 Å². The zero-order valence-electron chi connectivity index (χ0n) is 13.6. The minimum Gasteiger partial charge on any atom is -0.497 e. The lowest BCUT2D eigenvalue weighted by Gasteiger charge is -2.28. The van der Waals surface area contributed by atoms with Gasteiger partial charge in [-0.2, -0.15) is 0 Å². The molecule has 2 aromatic rings. The molecule has 0 saturated heterocycles. The smallest absolute Gasteiger partial charge is 0.237 e. The number of fused-ring (bicyclic) bond motifs is 1. The minimum absolute atomic E-state index is 0.0353. The quantitative estimate of drug-likeness (QED) is 0.644. The number of ether oxygens (including phenoxy) is 1. The van der Waals surface area contributed by atoms with Crippen LogP contribution in [-0.4, -0.2) is 42.0 Å². The summed E-state index contributed by atoms with van der Waals surface area (Å²) in [6, 6.07) is 10.7. The summed E-state index contributed by atoms with van der Waals surface area (Å²) in [6.45, 7) is 0.119. The number of aliphatic imine (C=N–C) groups is 1. The summed E-state index contributed by atoms with van der Waals surface area (Å²) >= 11 is 1.46. The van der Waals surface area contributed by atoms with E-state index in [1.54, 1.807) is 42.5 Å². The molecule has 0 bridgehead atoms. The van der Waals surface area contributed by atoms with Crippen LogP contribution in [0.15, 0.2) is 52.5 Å². The lowest BCUT2D eigenvalue weighted by atomic mass is 10.2. The van der Waals surface area contributed by atoms with Gasteiger partial charge in [0.05, 0.1) is 25.1 Å². The normalized spacial score (nSPS) is 14.2. The highest BCUT2D eigenvalue weighted by atomic mass is 32.2. The predicted octanol–water partition coefficient (Wildman–Crippen LogP) is 1.91. The SMILES string of the molecule is COc1ccc2c(c1)SCC(=O)N2CC(N)=NC(=N)c1ccccn1. The molecule has 0 radical (unpaired) electrons. The highest BCUT2D eigenvalue weighted by Crippen LogP contribution is 2.37. The second-order valence-electron chi connectivity index (χ2n) is 5.27. The van der Waals surface area contributed by atoms with Gasteiger partial charge in [0.1, 0.15) is 17.3 Å².